The Morgan fingerprint density at radius 3 is 2.36 bits per heavy atom. The predicted octanol–water partition coefficient (Wildman–Crippen LogP) is 5.13. The molecule has 0 spiro atoms. The van der Waals surface area contributed by atoms with E-state index in [0.29, 0.717) is 23.9 Å². The summed E-state index contributed by atoms with van der Waals surface area (Å²) in [5, 5.41) is 1.74. The van der Waals surface area contributed by atoms with E-state index in [-0.39, 0.29) is 5.97 Å². The van der Waals surface area contributed by atoms with E-state index < -0.39 is 0 Å². The molecule has 0 N–H and O–H groups in total. The summed E-state index contributed by atoms with van der Waals surface area (Å²) in [6, 6.07) is 7.80. The third-order valence-electron chi connectivity index (χ3n) is 4.43. The van der Waals surface area contributed by atoms with Gasteiger partial charge in [0.05, 0.1) is 19.3 Å². The van der Waals surface area contributed by atoms with Gasteiger partial charge < -0.3 is 14.2 Å². The molecule has 2 aromatic rings. The minimum absolute atomic E-state index is 0.338. The Hall–Kier alpha value is -2.49. The van der Waals surface area contributed by atoms with Crippen LogP contribution in [0.2, 0.25) is 0 Å². The van der Waals surface area contributed by atoms with Crippen molar-refractivity contribution in [2.75, 3.05) is 13.7 Å². The van der Waals surface area contributed by atoms with Crippen LogP contribution < -0.4 is 14.2 Å². The summed E-state index contributed by atoms with van der Waals surface area (Å²) in [6.07, 6.45) is 6.49. The van der Waals surface area contributed by atoms with Crippen LogP contribution >= 0.6 is 0 Å². The van der Waals surface area contributed by atoms with Gasteiger partial charge in [-0.15, -0.1) is 0 Å². The average Bonchev–Trinajstić information content (AvgIpc) is 2.62. The van der Waals surface area contributed by atoms with Crippen LogP contribution in [-0.2, 0) is 4.79 Å². The Kier molecular flexibility index (Phi) is 5.27. The molecular weight excluding hydrogens is 316 g/mol. The predicted molar refractivity (Wildman–Crippen MR) is 99.4 cm³/mol. The summed E-state index contributed by atoms with van der Waals surface area (Å²) in [5.41, 5.74) is 2.02. The first-order valence-corrected chi connectivity index (χ1v) is 8.80. The molecule has 0 aliphatic heterocycles. The van der Waals surface area contributed by atoms with E-state index in [1.165, 1.54) is 13.3 Å². The van der Waals surface area contributed by atoms with Crippen molar-refractivity contribution in [3.05, 3.63) is 35.9 Å². The van der Waals surface area contributed by atoms with Crippen molar-refractivity contribution in [1.82, 2.24) is 0 Å². The fourth-order valence-corrected chi connectivity index (χ4v) is 3.44. The molecule has 0 amide bonds. The van der Waals surface area contributed by atoms with E-state index in [2.05, 4.69) is 6.08 Å². The van der Waals surface area contributed by atoms with Gasteiger partial charge in [-0.3, -0.25) is 4.79 Å². The first-order chi connectivity index (χ1) is 12.2. The molecule has 2 aromatic carbocycles. The normalized spacial score (nSPS) is 14.1. The molecule has 0 unspecified atom stereocenters. The standard InChI is InChI=1S/C21H24O4/c1-4-24-21-18(15-10-6-5-7-11-15)19(25-14(2)22)16-12-8-9-13-17(16)20(21)23-3/h8-10,12-13H,4-7,11H2,1-3H3. The molecule has 132 valence electrons. The highest BCUT2D eigenvalue weighted by molar-refractivity contribution is 6.02. The quantitative estimate of drug-likeness (QED) is 0.559. The number of hydrogen-bond donors (Lipinski definition) is 0. The van der Waals surface area contributed by atoms with Crippen LogP contribution in [0.5, 0.6) is 17.2 Å². The second-order valence-corrected chi connectivity index (χ2v) is 6.11. The summed E-state index contributed by atoms with van der Waals surface area (Å²) in [4.78, 5) is 11.8. The fraction of sp³-hybridized carbons (Fsp3) is 0.381. The monoisotopic (exact) mass is 340 g/mol. The summed E-state index contributed by atoms with van der Waals surface area (Å²) in [5.74, 6) is 1.58. The lowest BCUT2D eigenvalue weighted by atomic mass is 9.90. The Bertz CT molecular complexity index is 820. The molecule has 0 atom stereocenters. The maximum absolute atomic E-state index is 11.8. The lowest BCUT2D eigenvalue weighted by Crippen LogP contribution is -2.09. The van der Waals surface area contributed by atoms with Crippen LogP contribution in [0.3, 0.4) is 0 Å². The molecule has 25 heavy (non-hydrogen) atoms. The zero-order valence-corrected chi connectivity index (χ0v) is 15.1. The largest absolute Gasteiger partial charge is 0.492 e. The highest BCUT2D eigenvalue weighted by Gasteiger charge is 2.26. The second kappa shape index (κ2) is 7.60. The van der Waals surface area contributed by atoms with Gasteiger partial charge in [0.2, 0.25) is 0 Å². The molecule has 0 bridgehead atoms. The fourth-order valence-electron chi connectivity index (χ4n) is 3.44. The lowest BCUT2D eigenvalue weighted by Gasteiger charge is -2.23. The van der Waals surface area contributed by atoms with Gasteiger partial charge in [-0.25, -0.2) is 0 Å². The van der Waals surface area contributed by atoms with E-state index in [0.717, 1.165) is 41.2 Å². The van der Waals surface area contributed by atoms with Gasteiger partial charge >= 0.3 is 5.97 Å². The highest BCUT2D eigenvalue weighted by atomic mass is 16.5. The zero-order chi connectivity index (χ0) is 17.8. The molecule has 1 aliphatic carbocycles. The Labute approximate surface area is 148 Å². The SMILES string of the molecule is CCOc1c(C2=CCCCC2)c(OC(C)=O)c2ccccc2c1OC. The number of hydrogen-bond acceptors (Lipinski definition) is 4. The molecule has 1 aliphatic rings. The van der Waals surface area contributed by atoms with Gasteiger partial charge in [0, 0.05) is 17.7 Å². The maximum atomic E-state index is 11.8. The summed E-state index contributed by atoms with van der Waals surface area (Å²) in [6.45, 7) is 3.88. The molecule has 4 nitrogen and oxygen atoms in total. The van der Waals surface area contributed by atoms with Gasteiger partial charge in [0.15, 0.2) is 11.5 Å². The van der Waals surface area contributed by atoms with Crippen LogP contribution in [0.4, 0.5) is 0 Å². The van der Waals surface area contributed by atoms with E-state index in [1.807, 2.05) is 31.2 Å². The van der Waals surface area contributed by atoms with Crippen molar-refractivity contribution in [2.24, 2.45) is 0 Å². The highest BCUT2D eigenvalue weighted by Crippen LogP contribution is 2.50. The number of methoxy groups -OCH3 is 1. The number of ether oxygens (including phenoxy) is 3. The topological polar surface area (TPSA) is 44.8 Å². The number of rotatable bonds is 5. The van der Waals surface area contributed by atoms with Crippen LogP contribution in [0.1, 0.15) is 45.1 Å². The van der Waals surface area contributed by atoms with Gasteiger partial charge in [0.1, 0.15) is 5.75 Å². The Balaban J connectivity index is 2.40. The zero-order valence-electron chi connectivity index (χ0n) is 15.1. The van der Waals surface area contributed by atoms with Gasteiger partial charge in [0.25, 0.3) is 0 Å². The molecular formula is C21H24O4. The number of esters is 1. The van der Waals surface area contributed by atoms with Crippen molar-refractivity contribution in [3.63, 3.8) is 0 Å². The summed E-state index contributed by atoms with van der Waals surface area (Å²) in [7, 11) is 1.65. The molecule has 0 fully saturated rings. The third-order valence-corrected chi connectivity index (χ3v) is 4.43. The van der Waals surface area contributed by atoms with Crippen molar-refractivity contribution in [2.45, 2.75) is 39.5 Å². The molecule has 4 heteroatoms. The average molecular weight is 340 g/mol. The van der Waals surface area contributed by atoms with E-state index >= 15 is 0 Å². The van der Waals surface area contributed by atoms with Crippen LogP contribution in [0.15, 0.2) is 30.3 Å². The Morgan fingerprint density at radius 1 is 1.08 bits per heavy atom. The molecule has 0 aromatic heterocycles. The van der Waals surface area contributed by atoms with E-state index in [9.17, 15) is 4.79 Å². The van der Waals surface area contributed by atoms with E-state index in [1.54, 1.807) is 7.11 Å². The maximum Gasteiger partial charge on any atom is 0.308 e. The number of benzene rings is 2. The number of carbonyl (C=O) groups excluding carboxylic acids is 1. The number of fused-ring (bicyclic) bond motifs is 1. The number of allylic oxidation sites excluding steroid dienone is 2. The first kappa shape index (κ1) is 17.3. The smallest absolute Gasteiger partial charge is 0.308 e. The van der Waals surface area contributed by atoms with E-state index in [4.69, 9.17) is 14.2 Å². The van der Waals surface area contributed by atoms with Gasteiger partial charge in [-0.05, 0) is 38.2 Å². The van der Waals surface area contributed by atoms with Crippen LogP contribution in [-0.4, -0.2) is 19.7 Å². The van der Waals surface area contributed by atoms with Gasteiger partial charge in [-0.1, -0.05) is 30.3 Å². The molecule has 0 saturated heterocycles. The molecule has 3 rings (SSSR count). The summed E-state index contributed by atoms with van der Waals surface area (Å²) < 4.78 is 17.4. The molecule has 0 radical (unpaired) electrons. The van der Waals surface area contributed by atoms with Gasteiger partial charge in [-0.2, -0.15) is 0 Å². The second-order valence-electron chi connectivity index (χ2n) is 6.11. The van der Waals surface area contributed by atoms with Crippen molar-refractivity contribution in [1.29, 1.82) is 0 Å². The minimum Gasteiger partial charge on any atom is -0.492 e. The van der Waals surface area contributed by atoms with Crippen LogP contribution in [0.25, 0.3) is 16.3 Å². The minimum atomic E-state index is -0.338. The lowest BCUT2D eigenvalue weighted by molar-refractivity contribution is -0.131. The number of carbonyl (C=O) groups is 1. The Morgan fingerprint density at radius 2 is 1.80 bits per heavy atom. The third kappa shape index (κ3) is 3.34. The van der Waals surface area contributed by atoms with Crippen molar-refractivity contribution in [3.8, 4) is 17.2 Å². The first-order valence-electron chi connectivity index (χ1n) is 8.80. The van der Waals surface area contributed by atoms with Crippen LogP contribution in [0, 0.1) is 0 Å². The summed E-state index contributed by atoms with van der Waals surface area (Å²) >= 11 is 0. The molecule has 0 heterocycles. The van der Waals surface area contributed by atoms with Crippen molar-refractivity contribution < 1.29 is 19.0 Å². The van der Waals surface area contributed by atoms with Crippen molar-refractivity contribution >= 4 is 22.3 Å². The molecule has 0 saturated carbocycles.